The van der Waals surface area contributed by atoms with E-state index in [-0.39, 0.29) is 6.04 Å². The van der Waals surface area contributed by atoms with Gasteiger partial charge in [-0.2, -0.15) is 0 Å². The summed E-state index contributed by atoms with van der Waals surface area (Å²) >= 11 is 7.58. The van der Waals surface area contributed by atoms with Crippen LogP contribution in [0.1, 0.15) is 23.8 Å². The van der Waals surface area contributed by atoms with Gasteiger partial charge in [0.05, 0.1) is 16.5 Å². The molecule has 1 saturated heterocycles. The van der Waals surface area contributed by atoms with Gasteiger partial charge in [0.2, 0.25) is 0 Å². The third kappa shape index (κ3) is 3.42. The van der Waals surface area contributed by atoms with E-state index in [0.29, 0.717) is 12.6 Å². The molecule has 1 aromatic rings. The summed E-state index contributed by atoms with van der Waals surface area (Å²) < 4.78 is 6.48. The Balaban J connectivity index is 1.97. The zero-order valence-electron chi connectivity index (χ0n) is 10.1. The molecular formula is C12H19ClN2OS. The third-order valence-corrected chi connectivity index (χ3v) is 4.53. The van der Waals surface area contributed by atoms with E-state index >= 15 is 0 Å². The Morgan fingerprint density at radius 1 is 1.65 bits per heavy atom. The summed E-state index contributed by atoms with van der Waals surface area (Å²) in [6.07, 6.45) is 2.70. The van der Waals surface area contributed by atoms with Crippen LogP contribution in [-0.2, 0) is 4.74 Å². The van der Waals surface area contributed by atoms with Gasteiger partial charge in [-0.25, -0.2) is 0 Å². The highest BCUT2D eigenvalue weighted by atomic mass is 35.5. The van der Waals surface area contributed by atoms with Gasteiger partial charge in [0, 0.05) is 24.6 Å². The van der Waals surface area contributed by atoms with Gasteiger partial charge in [-0.1, -0.05) is 11.6 Å². The summed E-state index contributed by atoms with van der Waals surface area (Å²) in [5.74, 6) is 0. The monoisotopic (exact) mass is 274 g/mol. The zero-order valence-corrected chi connectivity index (χ0v) is 11.6. The largest absolute Gasteiger partial charge is 0.377 e. The number of ether oxygens (including phenoxy) is 1. The second kappa shape index (κ2) is 6.16. The number of nitrogens with zero attached hydrogens (tertiary/aromatic N) is 1. The first-order valence-electron chi connectivity index (χ1n) is 5.98. The van der Waals surface area contributed by atoms with Gasteiger partial charge in [0.1, 0.15) is 0 Å². The molecule has 2 atom stereocenters. The van der Waals surface area contributed by atoms with Crippen LogP contribution in [0.25, 0.3) is 0 Å². The van der Waals surface area contributed by atoms with Crippen molar-refractivity contribution in [2.45, 2.75) is 25.0 Å². The Morgan fingerprint density at radius 2 is 2.47 bits per heavy atom. The third-order valence-electron chi connectivity index (χ3n) is 3.19. The fraction of sp³-hybridized carbons (Fsp3) is 0.667. The van der Waals surface area contributed by atoms with Gasteiger partial charge in [-0.3, -0.25) is 4.90 Å². The summed E-state index contributed by atoms with van der Waals surface area (Å²) in [6, 6.07) is 4.25. The van der Waals surface area contributed by atoms with Crippen LogP contribution < -0.4 is 5.73 Å². The van der Waals surface area contributed by atoms with E-state index in [2.05, 4.69) is 18.0 Å². The second-order valence-corrected chi connectivity index (χ2v) is 6.21. The Kier molecular flexibility index (Phi) is 4.82. The van der Waals surface area contributed by atoms with Crippen molar-refractivity contribution in [3.63, 3.8) is 0 Å². The van der Waals surface area contributed by atoms with Crippen molar-refractivity contribution < 1.29 is 4.74 Å². The van der Waals surface area contributed by atoms with Crippen LogP contribution in [0.15, 0.2) is 12.1 Å². The smallest absolute Gasteiger partial charge is 0.0931 e. The first-order chi connectivity index (χ1) is 8.20. The van der Waals surface area contributed by atoms with Crippen molar-refractivity contribution in [1.82, 2.24) is 4.90 Å². The van der Waals surface area contributed by atoms with Crippen molar-refractivity contribution >= 4 is 22.9 Å². The first-order valence-corrected chi connectivity index (χ1v) is 7.17. The summed E-state index contributed by atoms with van der Waals surface area (Å²) in [5, 5.41) is 0. The second-order valence-electron chi connectivity index (χ2n) is 4.47. The van der Waals surface area contributed by atoms with E-state index in [1.54, 1.807) is 11.3 Å². The SMILES string of the molecule is CN(CC1CCCO1)C(CN)c1ccc(Cl)s1. The summed E-state index contributed by atoms with van der Waals surface area (Å²) in [6.45, 7) is 2.45. The van der Waals surface area contributed by atoms with Crippen molar-refractivity contribution in [3.8, 4) is 0 Å². The van der Waals surface area contributed by atoms with Crippen molar-refractivity contribution in [3.05, 3.63) is 21.3 Å². The molecule has 0 aliphatic carbocycles. The summed E-state index contributed by atoms with van der Waals surface area (Å²) in [4.78, 5) is 3.51. The Hall–Kier alpha value is -0.130. The fourth-order valence-electron chi connectivity index (χ4n) is 2.26. The van der Waals surface area contributed by atoms with Gasteiger partial charge in [-0.15, -0.1) is 11.3 Å². The van der Waals surface area contributed by atoms with Crippen LogP contribution in [0, 0.1) is 0 Å². The van der Waals surface area contributed by atoms with Crippen LogP contribution in [-0.4, -0.2) is 37.7 Å². The predicted octanol–water partition coefficient (Wildman–Crippen LogP) is 2.51. The van der Waals surface area contributed by atoms with E-state index in [1.165, 1.54) is 11.3 Å². The molecule has 0 aromatic carbocycles. The van der Waals surface area contributed by atoms with Crippen molar-refractivity contribution in [2.75, 3.05) is 26.7 Å². The zero-order chi connectivity index (χ0) is 12.3. The maximum Gasteiger partial charge on any atom is 0.0931 e. The maximum atomic E-state index is 5.97. The molecule has 2 unspecified atom stereocenters. The minimum Gasteiger partial charge on any atom is -0.377 e. The molecule has 0 spiro atoms. The highest BCUT2D eigenvalue weighted by molar-refractivity contribution is 7.16. The topological polar surface area (TPSA) is 38.5 Å². The molecule has 17 heavy (non-hydrogen) atoms. The Morgan fingerprint density at radius 3 is 3.00 bits per heavy atom. The standard InChI is InChI=1S/C12H19ClN2OS/c1-15(8-9-3-2-6-16-9)10(7-14)11-4-5-12(13)17-11/h4-5,9-10H,2-3,6-8,14H2,1H3. The van der Waals surface area contributed by atoms with Gasteiger partial charge in [0.15, 0.2) is 0 Å². The lowest BCUT2D eigenvalue weighted by atomic mass is 10.1. The molecule has 5 heteroatoms. The maximum absolute atomic E-state index is 5.97. The number of likely N-dealkylation sites (N-methyl/N-ethyl adjacent to an activating group) is 1. The minimum atomic E-state index is 0.247. The quantitative estimate of drug-likeness (QED) is 0.897. The lowest BCUT2D eigenvalue weighted by molar-refractivity contribution is 0.0694. The molecular weight excluding hydrogens is 256 g/mol. The molecule has 0 radical (unpaired) electrons. The van der Waals surface area contributed by atoms with Gasteiger partial charge >= 0.3 is 0 Å². The van der Waals surface area contributed by atoms with Gasteiger partial charge in [0.25, 0.3) is 0 Å². The first kappa shape index (κ1) is 13.3. The highest BCUT2D eigenvalue weighted by Gasteiger charge is 2.23. The Bertz CT molecular complexity index is 352. The van der Waals surface area contributed by atoms with E-state index in [0.717, 1.165) is 23.9 Å². The summed E-state index contributed by atoms with van der Waals surface area (Å²) in [7, 11) is 2.10. The van der Waals surface area contributed by atoms with E-state index in [4.69, 9.17) is 22.1 Å². The number of rotatable bonds is 5. The molecule has 2 heterocycles. The molecule has 1 aromatic heterocycles. The van der Waals surface area contributed by atoms with E-state index in [9.17, 15) is 0 Å². The van der Waals surface area contributed by atoms with Crippen LogP contribution in [0.2, 0.25) is 4.34 Å². The van der Waals surface area contributed by atoms with Crippen LogP contribution in [0.4, 0.5) is 0 Å². The predicted molar refractivity (Wildman–Crippen MR) is 72.7 cm³/mol. The number of hydrogen-bond donors (Lipinski definition) is 1. The normalized spacial score (nSPS) is 22.2. The number of thiophene rings is 1. The van der Waals surface area contributed by atoms with Crippen LogP contribution in [0.3, 0.4) is 0 Å². The molecule has 0 saturated carbocycles. The molecule has 1 aliphatic heterocycles. The molecule has 96 valence electrons. The van der Waals surface area contributed by atoms with Crippen molar-refractivity contribution in [1.29, 1.82) is 0 Å². The number of nitrogens with two attached hydrogens (primary N) is 1. The highest BCUT2D eigenvalue weighted by Crippen LogP contribution is 2.30. The number of hydrogen-bond acceptors (Lipinski definition) is 4. The average molecular weight is 275 g/mol. The molecule has 0 amide bonds. The van der Waals surface area contributed by atoms with E-state index < -0.39 is 0 Å². The number of halogens is 1. The molecule has 0 bridgehead atoms. The average Bonchev–Trinajstić information content (AvgIpc) is 2.91. The van der Waals surface area contributed by atoms with Crippen LogP contribution in [0.5, 0.6) is 0 Å². The molecule has 1 aliphatic rings. The molecule has 3 nitrogen and oxygen atoms in total. The minimum absolute atomic E-state index is 0.247. The lowest BCUT2D eigenvalue weighted by Crippen LogP contribution is -2.35. The van der Waals surface area contributed by atoms with Crippen LogP contribution >= 0.6 is 22.9 Å². The van der Waals surface area contributed by atoms with E-state index in [1.807, 2.05) is 6.07 Å². The Labute approximate surface area is 112 Å². The fourth-order valence-corrected chi connectivity index (χ4v) is 3.50. The molecule has 2 rings (SSSR count). The van der Waals surface area contributed by atoms with Gasteiger partial charge < -0.3 is 10.5 Å². The molecule has 2 N–H and O–H groups in total. The van der Waals surface area contributed by atoms with Gasteiger partial charge in [-0.05, 0) is 32.0 Å². The lowest BCUT2D eigenvalue weighted by Gasteiger charge is -2.28. The molecule has 1 fully saturated rings. The van der Waals surface area contributed by atoms with Crippen molar-refractivity contribution in [2.24, 2.45) is 5.73 Å². The summed E-state index contributed by atoms with van der Waals surface area (Å²) in [5.41, 5.74) is 5.87.